The number of rotatable bonds is 11. The van der Waals surface area contributed by atoms with Crippen LogP contribution in [0.3, 0.4) is 0 Å². The van der Waals surface area contributed by atoms with Gasteiger partial charge in [-0.2, -0.15) is 5.26 Å². The van der Waals surface area contributed by atoms with Gasteiger partial charge < -0.3 is 9.47 Å². The van der Waals surface area contributed by atoms with Crippen LogP contribution in [0.2, 0.25) is 0 Å². The van der Waals surface area contributed by atoms with Crippen LogP contribution in [0.1, 0.15) is 104 Å². The van der Waals surface area contributed by atoms with Gasteiger partial charge in [0.2, 0.25) is 0 Å². The molecule has 3 nitrogen and oxygen atoms in total. The van der Waals surface area contributed by atoms with Gasteiger partial charge in [-0.25, -0.2) is 0 Å². The van der Waals surface area contributed by atoms with E-state index in [9.17, 15) is 5.26 Å². The molecule has 3 heteroatoms. The Morgan fingerprint density at radius 1 is 0.808 bits per heavy atom. The molecule has 0 spiro atoms. The monoisotopic (exact) mass is 363 g/mol. The van der Waals surface area contributed by atoms with Gasteiger partial charge >= 0.3 is 0 Å². The third-order valence-corrected chi connectivity index (χ3v) is 6.57. The van der Waals surface area contributed by atoms with E-state index in [1.165, 1.54) is 77.0 Å². The average Bonchev–Trinajstić information content (AvgIpc) is 2.69. The molecule has 1 aliphatic carbocycles. The normalized spacial score (nSPS) is 32.3. The Morgan fingerprint density at radius 3 is 1.96 bits per heavy atom. The summed E-state index contributed by atoms with van der Waals surface area (Å²) < 4.78 is 12.2. The lowest BCUT2D eigenvalue weighted by Crippen LogP contribution is -2.45. The van der Waals surface area contributed by atoms with E-state index >= 15 is 0 Å². The highest BCUT2D eigenvalue weighted by molar-refractivity contribution is 5.04. The maximum atomic E-state index is 9.87. The van der Waals surface area contributed by atoms with E-state index in [1.807, 2.05) is 0 Å². The number of ether oxygens (including phenoxy) is 2. The molecule has 0 aromatic carbocycles. The van der Waals surface area contributed by atoms with Gasteiger partial charge in [0.05, 0.1) is 19.3 Å². The highest BCUT2D eigenvalue weighted by Gasteiger charge is 2.45. The van der Waals surface area contributed by atoms with E-state index in [4.69, 9.17) is 9.47 Å². The van der Waals surface area contributed by atoms with Crippen LogP contribution in [0, 0.1) is 28.6 Å². The topological polar surface area (TPSA) is 42.2 Å². The summed E-state index contributed by atoms with van der Waals surface area (Å²) in [5.41, 5.74) is -0.395. The SMILES string of the molecule is CCCCCCCC1COC([C@]2(C#N)CC[C@@H](CCCCC)CC2)OC1. The number of unbranched alkanes of at least 4 members (excludes halogenated alkanes) is 6. The lowest BCUT2D eigenvalue weighted by Gasteiger charge is -2.42. The minimum absolute atomic E-state index is 0.291. The van der Waals surface area contributed by atoms with Crippen molar-refractivity contribution in [3.8, 4) is 6.07 Å². The lowest BCUT2D eigenvalue weighted by molar-refractivity contribution is -0.247. The van der Waals surface area contributed by atoms with Crippen LogP contribution < -0.4 is 0 Å². The van der Waals surface area contributed by atoms with Crippen molar-refractivity contribution >= 4 is 0 Å². The fraction of sp³-hybridized carbons (Fsp3) is 0.957. The largest absolute Gasteiger partial charge is 0.351 e. The van der Waals surface area contributed by atoms with Gasteiger partial charge in [-0.15, -0.1) is 0 Å². The molecule has 0 unspecified atom stereocenters. The molecule has 1 heterocycles. The fourth-order valence-corrected chi connectivity index (χ4v) is 4.63. The van der Waals surface area contributed by atoms with Crippen molar-refractivity contribution in [3.63, 3.8) is 0 Å². The molecule has 0 aromatic rings. The van der Waals surface area contributed by atoms with Crippen LogP contribution in [0.15, 0.2) is 0 Å². The van der Waals surface area contributed by atoms with E-state index in [1.54, 1.807) is 0 Å². The number of hydrogen-bond donors (Lipinski definition) is 0. The standard InChI is InChI=1S/C23H41NO2/c1-3-5-7-8-10-12-21-17-25-22(26-18-21)23(19-24)15-13-20(14-16-23)11-9-6-4-2/h20-22H,3-18H2,1-2H3/t20-,21?,22?,23-. The second-order valence-electron chi connectivity index (χ2n) is 8.77. The van der Waals surface area contributed by atoms with Crippen LogP contribution in [-0.4, -0.2) is 19.5 Å². The van der Waals surface area contributed by atoms with Crippen LogP contribution in [-0.2, 0) is 9.47 Å². The second-order valence-corrected chi connectivity index (χ2v) is 8.77. The van der Waals surface area contributed by atoms with E-state index in [0.717, 1.165) is 32.0 Å². The van der Waals surface area contributed by atoms with E-state index in [-0.39, 0.29) is 6.29 Å². The molecular formula is C23H41NO2. The van der Waals surface area contributed by atoms with Crippen LogP contribution in [0.4, 0.5) is 0 Å². The first-order chi connectivity index (χ1) is 12.7. The molecule has 0 bridgehead atoms. The molecule has 2 aliphatic rings. The minimum atomic E-state index is -0.395. The Hall–Kier alpha value is -0.590. The maximum absolute atomic E-state index is 9.87. The van der Waals surface area contributed by atoms with Gasteiger partial charge in [-0.3, -0.25) is 0 Å². The van der Waals surface area contributed by atoms with Gasteiger partial charge in [0, 0.05) is 5.92 Å². The zero-order valence-electron chi connectivity index (χ0n) is 17.3. The smallest absolute Gasteiger partial charge is 0.176 e. The third-order valence-electron chi connectivity index (χ3n) is 6.57. The summed E-state index contributed by atoms with van der Waals surface area (Å²) in [7, 11) is 0. The molecular weight excluding hydrogens is 322 g/mol. The second kappa shape index (κ2) is 12.0. The van der Waals surface area contributed by atoms with Gasteiger partial charge in [-0.1, -0.05) is 71.6 Å². The van der Waals surface area contributed by atoms with Crippen molar-refractivity contribution in [2.75, 3.05) is 13.2 Å². The molecule has 0 amide bonds. The molecule has 0 atom stereocenters. The van der Waals surface area contributed by atoms with Crippen molar-refractivity contribution in [2.24, 2.45) is 17.3 Å². The Balaban J connectivity index is 1.69. The van der Waals surface area contributed by atoms with Crippen molar-refractivity contribution in [2.45, 2.75) is 110 Å². The van der Waals surface area contributed by atoms with Crippen molar-refractivity contribution in [1.82, 2.24) is 0 Å². The minimum Gasteiger partial charge on any atom is -0.351 e. The Kier molecular flexibility index (Phi) is 10.0. The van der Waals surface area contributed by atoms with Crippen LogP contribution >= 0.6 is 0 Å². The molecule has 2 rings (SSSR count). The van der Waals surface area contributed by atoms with E-state index in [0.29, 0.717) is 5.92 Å². The number of nitrogens with zero attached hydrogens (tertiary/aromatic N) is 1. The molecule has 1 saturated carbocycles. The molecule has 0 N–H and O–H groups in total. The fourth-order valence-electron chi connectivity index (χ4n) is 4.63. The molecule has 1 saturated heterocycles. The van der Waals surface area contributed by atoms with Crippen molar-refractivity contribution in [1.29, 1.82) is 5.26 Å². The number of hydrogen-bond acceptors (Lipinski definition) is 3. The predicted octanol–water partition coefficient (Wildman–Crippen LogP) is 6.62. The van der Waals surface area contributed by atoms with E-state index in [2.05, 4.69) is 19.9 Å². The summed E-state index contributed by atoms with van der Waals surface area (Å²) in [4.78, 5) is 0. The molecule has 2 fully saturated rings. The van der Waals surface area contributed by atoms with Gasteiger partial charge in [0.25, 0.3) is 0 Å². The van der Waals surface area contributed by atoms with Crippen LogP contribution in [0.5, 0.6) is 0 Å². The highest BCUT2D eigenvalue weighted by Crippen LogP contribution is 2.45. The first kappa shape index (κ1) is 21.7. The molecule has 0 aromatic heterocycles. The van der Waals surface area contributed by atoms with Gasteiger partial charge in [-0.05, 0) is 38.0 Å². The Morgan fingerprint density at radius 2 is 1.35 bits per heavy atom. The van der Waals surface area contributed by atoms with Crippen molar-refractivity contribution < 1.29 is 9.47 Å². The van der Waals surface area contributed by atoms with Gasteiger partial charge in [0.1, 0.15) is 5.41 Å². The first-order valence-electron chi connectivity index (χ1n) is 11.4. The zero-order chi connectivity index (χ0) is 18.7. The van der Waals surface area contributed by atoms with E-state index < -0.39 is 5.41 Å². The van der Waals surface area contributed by atoms with Crippen molar-refractivity contribution in [3.05, 3.63) is 0 Å². The maximum Gasteiger partial charge on any atom is 0.176 e. The summed E-state index contributed by atoms with van der Waals surface area (Å²) in [5, 5.41) is 9.87. The Labute approximate surface area is 161 Å². The third kappa shape index (κ3) is 6.54. The zero-order valence-corrected chi connectivity index (χ0v) is 17.3. The molecule has 0 radical (unpaired) electrons. The lowest BCUT2D eigenvalue weighted by atomic mass is 9.69. The molecule has 1 aliphatic heterocycles. The first-order valence-corrected chi connectivity index (χ1v) is 11.4. The predicted molar refractivity (Wildman–Crippen MR) is 107 cm³/mol. The molecule has 26 heavy (non-hydrogen) atoms. The van der Waals surface area contributed by atoms with Crippen LogP contribution in [0.25, 0.3) is 0 Å². The summed E-state index contributed by atoms with van der Waals surface area (Å²) in [6.07, 6.45) is 17.1. The summed E-state index contributed by atoms with van der Waals surface area (Å²) in [6, 6.07) is 2.61. The summed E-state index contributed by atoms with van der Waals surface area (Å²) in [5.74, 6) is 1.33. The summed E-state index contributed by atoms with van der Waals surface area (Å²) >= 11 is 0. The summed E-state index contributed by atoms with van der Waals surface area (Å²) in [6.45, 7) is 6.08. The molecule has 150 valence electrons. The Bertz CT molecular complexity index is 401. The average molecular weight is 364 g/mol. The van der Waals surface area contributed by atoms with Gasteiger partial charge in [0.15, 0.2) is 6.29 Å². The highest BCUT2D eigenvalue weighted by atomic mass is 16.7. The number of nitriles is 1. The quantitative estimate of drug-likeness (QED) is 0.387.